The second kappa shape index (κ2) is 14.4. The van der Waals surface area contributed by atoms with Gasteiger partial charge in [-0.05, 0) is 82.3 Å². The minimum atomic E-state index is -1.23. The first-order valence-electron chi connectivity index (χ1n) is 15.1. The SMILES string of the molecule is CC(C)(C)c1ccc(C(=O)Nc2ccc(Cl)cc2C(=O)NC(Cc2ccc(-c3ccc(Oc4ccccc4)cc3)cc2)C(=O)O)cc1. The van der Waals surface area contributed by atoms with Crippen LogP contribution >= 0.6 is 11.6 Å². The standard InChI is InChI=1S/C39H35ClN2O5/c1-39(2,3)29-17-13-28(14-18-29)36(43)41-34-22-19-30(40)24-33(34)37(44)42-35(38(45)46)23-25-9-11-26(12-10-25)27-15-20-32(21-16-27)47-31-7-5-4-6-8-31/h4-22,24,35H,23H2,1-3H3,(H,41,43)(H,42,44)(H,45,46). The lowest BCUT2D eigenvalue weighted by Gasteiger charge is -2.19. The summed E-state index contributed by atoms with van der Waals surface area (Å²) in [5.41, 5.74) is 4.35. The first-order chi connectivity index (χ1) is 22.5. The zero-order chi connectivity index (χ0) is 33.6. The molecule has 0 aromatic heterocycles. The summed E-state index contributed by atoms with van der Waals surface area (Å²) >= 11 is 6.20. The molecule has 0 spiro atoms. The summed E-state index contributed by atoms with van der Waals surface area (Å²) in [5, 5.41) is 15.6. The molecule has 0 saturated heterocycles. The molecule has 5 aromatic rings. The second-order valence-corrected chi connectivity index (χ2v) is 12.6. The number of carboxylic acids is 1. The molecule has 0 heterocycles. The number of nitrogens with one attached hydrogen (secondary N) is 2. The first kappa shape index (κ1) is 33.0. The summed E-state index contributed by atoms with van der Waals surface area (Å²) < 4.78 is 5.87. The third-order valence-corrected chi connectivity index (χ3v) is 7.89. The number of carbonyl (C=O) groups excluding carboxylic acids is 2. The molecule has 0 aliphatic rings. The van der Waals surface area contributed by atoms with Crippen LogP contribution in [0, 0.1) is 0 Å². The van der Waals surface area contributed by atoms with Gasteiger partial charge < -0.3 is 20.5 Å². The van der Waals surface area contributed by atoms with E-state index in [0.29, 0.717) is 11.3 Å². The molecule has 238 valence electrons. The number of benzene rings is 5. The predicted molar refractivity (Wildman–Crippen MR) is 186 cm³/mol. The summed E-state index contributed by atoms with van der Waals surface area (Å²) in [6, 6.07) is 35.2. The maximum absolute atomic E-state index is 13.4. The highest BCUT2D eigenvalue weighted by Gasteiger charge is 2.24. The average Bonchev–Trinajstić information content (AvgIpc) is 3.06. The van der Waals surface area contributed by atoms with Crippen molar-refractivity contribution < 1.29 is 24.2 Å². The van der Waals surface area contributed by atoms with Gasteiger partial charge >= 0.3 is 5.97 Å². The van der Waals surface area contributed by atoms with E-state index in [2.05, 4.69) is 31.4 Å². The van der Waals surface area contributed by atoms with Crippen molar-refractivity contribution in [3.8, 4) is 22.6 Å². The van der Waals surface area contributed by atoms with Gasteiger partial charge in [-0.3, -0.25) is 9.59 Å². The van der Waals surface area contributed by atoms with E-state index in [4.69, 9.17) is 16.3 Å². The third-order valence-electron chi connectivity index (χ3n) is 7.65. The van der Waals surface area contributed by atoms with Gasteiger partial charge in [-0.15, -0.1) is 0 Å². The minimum Gasteiger partial charge on any atom is -0.480 e. The lowest BCUT2D eigenvalue weighted by molar-refractivity contribution is -0.139. The van der Waals surface area contributed by atoms with Gasteiger partial charge in [0.2, 0.25) is 0 Å². The van der Waals surface area contributed by atoms with Crippen LogP contribution < -0.4 is 15.4 Å². The lowest BCUT2D eigenvalue weighted by Crippen LogP contribution is -2.42. The van der Waals surface area contributed by atoms with E-state index in [1.54, 1.807) is 18.2 Å². The lowest BCUT2D eigenvalue weighted by atomic mass is 9.86. The van der Waals surface area contributed by atoms with Crippen LogP contribution in [-0.2, 0) is 16.6 Å². The van der Waals surface area contributed by atoms with Crippen LogP contribution in [-0.4, -0.2) is 28.9 Å². The zero-order valence-corrected chi connectivity index (χ0v) is 27.0. The molecular formula is C39H35ClN2O5. The van der Waals surface area contributed by atoms with E-state index in [-0.39, 0.29) is 28.1 Å². The average molecular weight is 647 g/mol. The van der Waals surface area contributed by atoms with E-state index in [1.807, 2.05) is 91.0 Å². The smallest absolute Gasteiger partial charge is 0.326 e. The van der Waals surface area contributed by atoms with E-state index < -0.39 is 23.8 Å². The predicted octanol–water partition coefficient (Wildman–Crippen LogP) is 8.77. The number of halogens is 1. The van der Waals surface area contributed by atoms with Crippen molar-refractivity contribution in [1.82, 2.24) is 5.32 Å². The molecule has 0 bridgehead atoms. The van der Waals surface area contributed by atoms with E-state index in [1.165, 1.54) is 12.1 Å². The van der Waals surface area contributed by atoms with E-state index in [0.717, 1.165) is 28.0 Å². The quantitative estimate of drug-likeness (QED) is 0.141. The molecule has 8 heteroatoms. The Morgan fingerprint density at radius 2 is 1.34 bits per heavy atom. The normalized spacial score (nSPS) is 11.7. The highest BCUT2D eigenvalue weighted by Crippen LogP contribution is 2.27. The maximum Gasteiger partial charge on any atom is 0.326 e. The fourth-order valence-corrected chi connectivity index (χ4v) is 5.15. The highest BCUT2D eigenvalue weighted by molar-refractivity contribution is 6.31. The summed E-state index contributed by atoms with van der Waals surface area (Å²) in [4.78, 5) is 38.6. The zero-order valence-electron chi connectivity index (χ0n) is 26.3. The molecule has 0 radical (unpaired) electrons. The van der Waals surface area contributed by atoms with Crippen molar-refractivity contribution >= 4 is 35.1 Å². The van der Waals surface area contributed by atoms with Crippen molar-refractivity contribution in [1.29, 1.82) is 0 Å². The number of carbonyl (C=O) groups is 3. The molecule has 2 amide bonds. The van der Waals surface area contributed by atoms with Crippen molar-refractivity contribution in [2.45, 2.75) is 38.6 Å². The molecule has 0 fully saturated rings. The van der Waals surface area contributed by atoms with Crippen molar-refractivity contribution in [3.63, 3.8) is 0 Å². The van der Waals surface area contributed by atoms with Gasteiger partial charge in [-0.2, -0.15) is 0 Å². The number of ether oxygens (including phenoxy) is 1. The number of para-hydroxylation sites is 1. The first-order valence-corrected chi connectivity index (χ1v) is 15.5. The van der Waals surface area contributed by atoms with Gasteiger partial charge in [0.15, 0.2) is 0 Å². The number of rotatable bonds is 10. The molecular weight excluding hydrogens is 612 g/mol. The Bertz CT molecular complexity index is 1870. The second-order valence-electron chi connectivity index (χ2n) is 12.2. The van der Waals surface area contributed by atoms with Crippen LogP contribution in [0.1, 0.15) is 52.6 Å². The number of amides is 2. The van der Waals surface area contributed by atoms with E-state index >= 15 is 0 Å². The fraction of sp³-hybridized carbons (Fsp3) is 0.154. The number of anilines is 1. The molecule has 47 heavy (non-hydrogen) atoms. The van der Waals surface area contributed by atoms with Gasteiger partial charge in [-0.1, -0.05) is 99.1 Å². The van der Waals surface area contributed by atoms with Crippen molar-refractivity contribution in [3.05, 3.63) is 149 Å². The van der Waals surface area contributed by atoms with Gasteiger partial charge in [0, 0.05) is 17.0 Å². The Morgan fingerprint density at radius 1 is 0.745 bits per heavy atom. The molecule has 5 aromatic carbocycles. The summed E-state index contributed by atoms with van der Waals surface area (Å²) in [6.45, 7) is 6.26. The molecule has 0 aliphatic heterocycles. The maximum atomic E-state index is 13.4. The highest BCUT2D eigenvalue weighted by atomic mass is 35.5. The molecule has 3 N–H and O–H groups in total. The minimum absolute atomic E-state index is 0.0492. The van der Waals surface area contributed by atoms with E-state index in [9.17, 15) is 19.5 Å². The van der Waals surface area contributed by atoms with Gasteiger partial charge in [0.25, 0.3) is 11.8 Å². The Kier molecular flexibility index (Phi) is 10.1. The molecule has 7 nitrogen and oxygen atoms in total. The van der Waals surface area contributed by atoms with Crippen molar-refractivity contribution in [2.75, 3.05) is 5.32 Å². The monoisotopic (exact) mass is 646 g/mol. The van der Waals surface area contributed by atoms with Gasteiger partial charge in [0.05, 0.1) is 11.3 Å². The van der Waals surface area contributed by atoms with Crippen LogP contribution in [0.4, 0.5) is 5.69 Å². The van der Waals surface area contributed by atoms with Gasteiger partial charge in [-0.25, -0.2) is 4.79 Å². The summed E-state index contributed by atoms with van der Waals surface area (Å²) in [7, 11) is 0. The Morgan fingerprint density at radius 3 is 1.94 bits per heavy atom. The Labute approximate surface area is 279 Å². The fourth-order valence-electron chi connectivity index (χ4n) is 4.97. The van der Waals surface area contributed by atoms with Crippen LogP contribution in [0.5, 0.6) is 11.5 Å². The summed E-state index contributed by atoms with van der Waals surface area (Å²) in [6.07, 6.45) is 0.0492. The Balaban J connectivity index is 1.25. The molecule has 0 saturated carbocycles. The van der Waals surface area contributed by atoms with Crippen LogP contribution in [0.3, 0.4) is 0 Å². The topological polar surface area (TPSA) is 105 Å². The Hall–Kier alpha value is -5.40. The van der Waals surface area contributed by atoms with Crippen LogP contribution in [0.25, 0.3) is 11.1 Å². The molecule has 1 atom stereocenters. The number of carboxylic acid groups (broad SMARTS) is 1. The molecule has 0 aliphatic carbocycles. The van der Waals surface area contributed by atoms with Gasteiger partial charge in [0.1, 0.15) is 17.5 Å². The number of hydrogen-bond donors (Lipinski definition) is 3. The number of aliphatic carboxylic acids is 1. The molecule has 1 unspecified atom stereocenters. The van der Waals surface area contributed by atoms with Crippen LogP contribution in [0.15, 0.2) is 121 Å². The largest absolute Gasteiger partial charge is 0.480 e. The van der Waals surface area contributed by atoms with Crippen LogP contribution in [0.2, 0.25) is 5.02 Å². The molecule has 5 rings (SSSR count). The van der Waals surface area contributed by atoms with Crippen molar-refractivity contribution in [2.24, 2.45) is 0 Å². The number of hydrogen-bond acceptors (Lipinski definition) is 4. The summed E-state index contributed by atoms with van der Waals surface area (Å²) in [5.74, 6) is -0.803. The third kappa shape index (κ3) is 8.66.